The Morgan fingerprint density at radius 1 is 1.32 bits per heavy atom. The highest BCUT2D eigenvalue weighted by atomic mass is 79.9. The topological polar surface area (TPSA) is 49.4 Å². The van der Waals surface area contributed by atoms with E-state index in [1.54, 1.807) is 6.08 Å². The van der Waals surface area contributed by atoms with Crippen LogP contribution in [0.3, 0.4) is 0 Å². The Kier molecular flexibility index (Phi) is 5.41. The fourth-order valence-electron chi connectivity index (χ4n) is 1.88. The average Bonchev–Trinajstić information content (AvgIpc) is 2.49. The molecule has 0 atom stereocenters. The molecule has 22 heavy (non-hydrogen) atoms. The van der Waals surface area contributed by atoms with Crippen LogP contribution in [-0.4, -0.2) is 28.4 Å². The number of carbonyl (C=O) groups is 2. The zero-order chi connectivity index (χ0) is 16.1. The second kappa shape index (κ2) is 7.29. The monoisotopic (exact) mass is 376 g/mol. The van der Waals surface area contributed by atoms with Gasteiger partial charge in [0.15, 0.2) is 5.11 Å². The highest BCUT2D eigenvalue weighted by molar-refractivity contribution is 9.12. The standard InChI is InChI=1S/C16H13BrN2O2S/c1-2-8-19-15(21)13(14(20)18-16(19)22)10-12(17)9-11-6-4-3-5-7-11/h2-7,9-10H,1,8H2,(H,18,20,22). The molecule has 0 bridgehead atoms. The minimum absolute atomic E-state index is 0.0227. The Bertz CT molecular complexity index is 695. The molecule has 0 aromatic heterocycles. The van der Waals surface area contributed by atoms with Crippen molar-refractivity contribution in [3.05, 3.63) is 64.7 Å². The molecule has 1 heterocycles. The van der Waals surface area contributed by atoms with E-state index in [2.05, 4.69) is 27.8 Å². The maximum atomic E-state index is 12.3. The number of hydrogen-bond donors (Lipinski definition) is 1. The molecule has 0 unspecified atom stereocenters. The van der Waals surface area contributed by atoms with Crippen molar-refractivity contribution < 1.29 is 9.59 Å². The van der Waals surface area contributed by atoms with Gasteiger partial charge in [-0.25, -0.2) is 0 Å². The van der Waals surface area contributed by atoms with E-state index in [-0.39, 0.29) is 17.2 Å². The summed E-state index contributed by atoms with van der Waals surface area (Å²) in [6.07, 6.45) is 4.86. The van der Waals surface area contributed by atoms with E-state index in [9.17, 15) is 9.59 Å². The maximum Gasteiger partial charge on any atom is 0.265 e. The van der Waals surface area contributed by atoms with Crippen molar-refractivity contribution in [2.45, 2.75) is 0 Å². The molecule has 1 fully saturated rings. The highest BCUT2D eigenvalue weighted by Crippen LogP contribution is 2.18. The number of allylic oxidation sites excluding steroid dienone is 2. The number of carbonyl (C=O) groups excluding carboxylic acids is 2. The summed E-state index contributed by atoms with van der Waals surface area (Å²) in [5, 5.41) is 2.59. The van der Waals surface area contributed by atoms with Gasteiger partial charge in [0.2, 0.25) is 0 Å². The molecule has 1 aliphatic heterocycles. The molecule has 0 radical (unpaired) electrons. The Morgan fingerprint density at radius 2 is 2.00 bits per heavy atom. The Balaban J connectivity index is 2.30. The van der Waals surface area contributed by atoms with Crippen molar-refractivity contribution in [2.24, 2.45) is 0 Å². The van der Waals surface area contributed by atoms with Gasteiger partial charge >= 0.3 is 0 Å². The predicted molar refractivity (Wildman–Crippen MR) is 94.1 cm³/mol. The van der Waals surface area contributed by atoms with Crippen molar-refractivity contribution in [1.82, 2.24) is 10.2 Å². The lowest BCUT2D eigenvalue weighted by Crippen LogP contribution is -2.53. The summed E-state index contributed by atoms with van der Waals surface area (Å²) in [5.74, 6) is -0.944. The molecule has 0 aliphatic carbocycles. The lowest BCUT2D eigenvalue weighted by molar-refractivity contribution is -0.128. The van der Waals surface area contributed by atoms with Gasteiger partial charge in [0.05, 0.1) is 0 Å². The quantitative estimate of drug-likeness (QED) is 0.380. The van der Waals surface area contributed by atoms with E-state index in [4.69, 9.17) is 12.2 Å². The second-order valence-electron chi connectivity index (χ2n) is 4.46. The summed E-state index contributed by atoms with van der Waals surface area (Å²) >= 11 is 8.35. The molecule has 4 nitrogen and oxygen atoms in total. The number of rotatable bonds is 4. The number of halogens is 1. The first-order chi connectivity index (χ1) is 10.5. The van der Waals surface area contributed by atoms with Crippen LogP contribution in [0.1, 0.15) is 5.56 Å². The van der Waals surface area contributed by atoms with Gasteiger partial charge in [-0.3, -0.25) is 19.8 Å². The predicted octanol–water partition coefficient (Wildman–Crippen LogP) is 2.78. The van der Waals surface area contributed by atoms with Gasteiger partial charge < -0.3 is 0 Å². The lowest BCUT2D eigenvalue weighted by Gasteiger charge is -2.27. The van der Waals surface area contributed by atoms with Crippen molar-refractivity contribution in [3.63, 3.8) is 0 Å². The number of amides is 2. The fourth-order valence-corrected chi connectivity index (χ4v) is 2.62. The molecule has 0 spiro atoms. The molecule has 1 aromatic carbocycles. The number of nitrogens with one attached hydrogen (secondary N) is 1. The summed E-state index contributed by atoms with van der Waals surface area (Å²) in [5.41, 5.74) is 0.975. The third kappa shape index (κ3) is 3.78. The van der Waals surface area contributed by atoms with Gasteiger partial charge in [0.25, 0.3) is 11.8 Å². The zero-order valence-electron chi connectivity index (χ0n) is 11.6. The molecule has 6 heteroatoms. The molecule has 1 aromatic rings. The lowest BCUT2D eigenvalue weighted by atomic mass is 10.1. The van der Waals surface area contributed by atoms with Crippen LogP contribution in [0, 0.1) is 0 Å². The van der Waals surface area contributed by atoms with E-state index in [0.29, 0.717) is 4.48 Å². The SMILES string of the molecule is C=CCN1C(=O)C(=CC(Br)=Cc2ccccc2)C(=O)NC1=S. The molecular weight excluding hydrogens is 364 g/mol. The normalized spacial score (nSPS) is 17.7. The Morgan fingerprint density at radius 3 is 2.64 bits per heavy atom. The van der Waals surface area contributed by atoms with E-state index in [1.165, 1.54) is 11.0 Å². The molecule has 2 rings (SSSR count). The first-order valence-electron chi connectivity index (χ1n) is 6.45. The second-order valence-corrected chi connectivity index (χ2v) is 5.76. The van der Waals surface area contributed by atoms with Gasteiger partial charge in [0, 0.05) is 11.0 Å². The molecule has 112 valence electrons. The van der Waals surface area contributed by atoms with Gasteiger partial charge in [-0.2, -0.15) is 0 Å². The molecule has 1 saturated heterocycles. The van der Waals surface area contributed by atoms with E-state index < -0.39 is 11.8 Å². The number of hydrogen-bond acceptors (Lipinski definition) is 3. The van der Waals surface area contributed by atoms with Crippen LogP contribution in [0.25, 0.3) is 6.08 Å². The maximum absolute atomic E-state index is 12.3. The number of nitrogens with zero attached hydrogens (tertiary/aromatic N) is 1. The van der Waals surface area contributed by atoms with Gasteiger partial charge in [-0.05, 0) is 29.9 Å². The molecule has 1 aliphatic rings. The number of benzene rings is 1. The summed E-state index contributed by atoms with van der Waals surface area (Å²) < 4.78 is 0.614. The minimum Gasteiger partial charge on any atom is -0.298 e. The van der Waals surface area contributed by atoms with Crippen LogP contribution < -0.4 is 5.32 Å². The van der Waals surface area contributed by atoms with Crippen molar-refractivity contribution in [1.29, 1.82) is 0 Å². The minimum atomic E-state index is -0.506. The zero-order valence-corrected chi connectivity index (χ0v) is 14.0. The van der Waals surface area contributed by atoms with Crippen LogP contribution in [0.15, 0.2) is 59.1 Å². The van der Waals surface area contributed by atoms with E-state index in [1.807, 2.05) is 36.4 Å². The van der Waals surface area contributed by atoms with Gasteiger partial charge in [0.1, 0.15) is 5.57 Å². The van der Waals surface area contributed by atoms with E-state index >= 15 is 0 Å². The van der Waals surface area contributed by atoms with Crippen LogP contribution >= 0.6 is 28.1 Å². The van der Waals surface area contributed by atoms with E-state index in [0.717, 1.165) is 5.56 Å². The number of thiocarbonyl (C=S) groups is 1. The summed E-state index contributed by atoms with van der Waals surface area (Å²) in [4.78, 5) is 25.6. The van der Waals surface area contributed by atoms with Crippen molar-refractivity contribution >= 4 is 51.2 Å². The average molecular weight is 377 g/mol. The fraction of sp³-hybridized carbons (Fsp3) is 0.0625. The molecule has 1 N–H and O–H groups in total. The third-order valence-corrected chi connectivity index (χ3v) is 3.66. The Labute approximate surface area is 142 Å². The van der Waals surface area contributed by atoms with Crippen LogP contribution in [-0.2, 0) is 9.59 Å². The molecule has 0 saturated carbocycles. The van der Waals surface area contributed by atoms with Crippen LogP contribution in [0.5, 0.6) is 0 Å². The third-order valence-electron chi connectivity index (χ3n) is 2.88. The summed E-state index contributed by atoms with van der Waals surface area (Å²) in [6.45, 7) is 3.82. The summed E-state index contributed by atoms with van der Waals surface area (Å²) in [7, 11) is 0. The smallest absolute Gasteiger partial charge is 0.265 e. The van der Waals surface area contributed by atoms with Gasteiger partial charge in [-0.1, -0.05) is 52.3 Å². The van der Waals surface area contributed by atoms with Gasteiger partial charge in [-0.15, -0.1) is 6.58 Å². The van der Waals surface area contributed by atoms with Crippen molar-refractivity contribution in [2.75, 3.05) is 6.54 Å². The largest absolute Gasteiger partial charge is 0.298 e. The van der Waals surface area contributed by atoms with Crippen LogP contribution in [0.2, 0.25) is 0 Å². The molecule has 2 amide bonds. The van der Waals surface area contributed by atoms with Crippen LogP contribution in [0.4, 0.5) is 0 Å². The molecular formula is C16H13BrN2O2S. The highest BCUT2D eigenvalue weighted by Gasteiger charge is 2.32. The first kappa shape index (κ1) is 16.3. The van der Waals surface area contributed by atoms with Crippen molar-refractivity contribution in [3.8, 4) is 0 Å². The summed E-state index contributed by atoms with van der Waals surface area (Å²) in [6, 6.07) is 9.56. The first-order valence-corrected chi connectivity index (χ1v) is 7.65. The Hall–Kier alpha value is -2.05.